The summed E-state index contributed by atoms with van der Waals surface area (Å²) in [7, 11) is 2.15. The summed E-state index contributed by atoms with van der Waals surface area (Å²) >= 11 is 1.42. The number of carbonyl (C=O) groups excluding carboxylic acids is 2. The van der Waals surface area contributed by atoms with E-state index in [0.717, 1.165) is 30.1 Å². The smallest absolute Gasteiger partial charge is 0.262 e. The first-order valence-corrected chi connectivity index (χ1v) is 11.6. The zero-order valence-corrected chi connectivity index (χ0v) is 19.5. The van der Waals surface area contributed by atoms with Crippen LogP contribution in [0.1, 0.15) is 45.9 Å². The third-order valence-electron chi connectivity index (χ3n) is 6.30. The van der Waals surface area contributed by atoms with Gasteiger partial charge >= 0.3 is 0 Å². The molecule has 4 rings (SSSR count). The van der Waals surface area contributed by atoms with E-state index >= 15 is 0 Å². The number of nitrogens with zero attached hydrogens (tertiary/aromatic N) is 1. The molecule has 1 aromatic carbocycles. The summed E-state index contributed by atoms with van der Waals surface area (Å²) in [6.07, 6.45) is 1.45. The first-order chi connectivity index (χ1) is 14.7. The number of fused-ring (bicyclic) bond motifs is 1. The van der Waals surface area contributed by atoms with Gasteiger partial charge in [0.15, 0.2) is 0 Å². The van der Waals surface area contributed by atoms with Crippen LogP contribution < -0.4 is 10.6 Å². The number of thiophene rings is 1. The van der Waals surface area contributed by atoms with E-state index in [2.05, 4.69) is 48.6 Å². The standard InChI is InChI=1S/C24H31N3O3S/c1-16-5-8-20(31-16)21(28)26-24(10-12-30-15-24)22(29)25-18-7-6-17-9-11-27(4)14-23(2,3)19(17)13-18/h5-8,13H,9-12,14-15H2,1-4H3,(H,25,29)(H,26,28)/t24-/m0/s1. The number of nitrogens with one attached hydrogen (secondary N) is 2. The first kappa shape index (κ1) is 22.0. The van der Waals surface area contributed by atoms with E-state index in [4.69, 9.17) is 4.74 Å². The van der Waals surface area contributed by atoms with Crippen LogP contribution in [-0.2, 0) is 21.4 Å². The van der Waals surface area contributed by atoms with Gasteiger partial charge in [0.05, 0.1) is 11.5 Å². The molecule has 2 aromatic rings. The van der Waals surface area contributed by atoms with Gasteiger partial charge < -0.3 is 20.3 Å². The number of hydrogen-bond donors (Lipinski definition) is 2. The molecule has 7 heteroatoms. The Hall–Kier alpha value is -2.22. The van der Waals surface area contributed by atoms with Gasteiger partial charge in [-0.25, -0.2) is 0 Å². The summed E-state index contributed by atoms with van der Waals surface area (Å²) in [6, 6.07) is 9.89. The zero-order valence-electron chi connectivity index (χ0n) is 18.7. The molecule has 0 spiro atoms. The third-order valence-corrected chi connectivity index (χ3v) is 7.30. The Morgan fingerprint density at radius 3 is 2.68 bits per heavy atom. The van der Waals surface area contributed by atoms with Crippen molar-refractivity contribution in [1.29, 1.82) is 0 Å². The molecule has 2 aliphatic heterocycles. The van der Waals surface area contributed by atoms with Crippen molar-refractivity contribution >= 4 is 28.8 Å². The molecule has 1 fully saturated rings. The molecule has 1 aromatic heterocycles. The molecule has 0 bridgehead atoms. The minimum absolute atomic E-state index is 0.0132. The number of amides is 2. The molecule has 1 saturated heterocycles. The van der Waals surface area contributed by atoms with Gasteiger partial charge in [0, 0.05) is 42.1 Å². The van der Waals surface area contributed by atoms with E-state index in [0.29, 0.717) is 17.9 Å². The molecule has 166 valence electrons. The van der Waals surface area contributed by atoms with Gasteiger partial charge in [0.25, 0.3) is 11.8 Å². The minimum Gasteiger partial charge on any atom is -0.378 e. The van der Waals surface area contributed by atoms with E-state index < -0.39 is 5.54 Å². The molecule has 2 amide bonds. The lowest BCUT2D eigenvalue weighted by molar-refractivity contribution is -0.122. The molecule has 0 aliphatic carbocycles. The number of benzene rings is 1. The van der Waals surface area contributed by atoms with E-state index in [1.807, 2.05) is 19.1 Å². The van der Waals surface area contributed by atoms with Crippen molar-refractivity contribution in [2.24, 2.45) is 0 Å². The second kappa shape index (κ2) is 8.37. The summed E-state index contributed by atoms with van der Waals surface area (Å²) in [5.41, 5.74) is 2.28. The number of likely N-dealkylation sites (N-methyl/N-ethyl adjacent to an activating group) is 1. The Bertz CT molecular complexity index is 992. The molecule has 0 saturated carbocycles. The number of aryl methyl sites for hydroxylation is 1. The highest BCUT2D eigenvalue weighted by atomic mass is 32.1. The van der Waals surface area contributed by atoms with Crippen molar-refractivity contribution in [3.8, 4) is 0 Å². The van der Waals surface area contributed by atoms with Crippen LogP contribution in [0.2, 0.25) is 0 Å². The number of ether oxygens (including phenoxy) is 1. The predicted molar refractivity (Wildman–Crippen MR) is 124 cm³/mol. The molecular weight excluding hydrogens is 410 g/mol. The lowest BCUT2D eigenvalue weighted by atomic mass is 9.81. The van der Waals surface area contributed by atoms with E-state index in [-0.39, 0.29) is 23.8 Å². The van der Waals surface area contributed by atoms with Crippen molar-refractivity contribution < 1.29 is 14.3 Å². The van der Waals surface area contributed by atoms with Crippen LogP contribution in [0.3, 0.4) is 0 Å². The summed E-state index contributed by atoms with van der Waals surface area (Å²) in [6.45, 7) is 9.06. The molecule has 0 unspecified atom stereocenters. The molecular formula is C24H31N3O3S. The fourth-order valence-corrected chi connectivity index (χ4v) is 5.40. The van der Waals surface area contributed by atoms with Crippen molar-refractivity contribution in [2.75, 3.05) is 38.7 Å². The van der Waals surface area contributed by atoms with Crippen LogP contribution in [0.15, 0.2) is 30.3 Å². The van der Waals surface area contributed by atoms with E-state index in [9.17, 15) is 9.59 Å². The quantitative estimate of drug-likeness (QED) is 0.763. The SMILES string of the molecule is Cc1ccc(C(=O)N[C@@]2(C(=O)Nc3ccc4c(c3)C(C)(C)CN(C)CC4)CCOC2)s1. The van der Waals surface area contributed by atoms with Crippen molar-refractivity contribution in [1.82, 2.24) is 10.2 Å². The van der Waals surface area contributed by atoms with Crippen molar-refractivity contribution in [3.63, 3.8) is 0 Å². The summed E-state index contributed by atoms with van der Waals surface area (Å²) in [5, 5.41) is 6.03. The maximum absolute atomic E-state index is 13.3. The first-order valence-electron chi connectivity index (χ1n) is 10.8. The number of hydrogen-bond acceptors (Lipinski definition) is 5. The molecule has 1 atom stereocenters. The van der Waals surface area contributed by atoms with Crippen LogP contribution in [-0.4, -0.2) is 55.6 Å². The fourth-order valence-electron chi connectivity index (χ4n) is 4.64. The molecule has 6 nitrogen and oxygen atoms in total. The third kappa shape index (κ3) is 4.54. The van der Waals surface area contributed by atoms with Crippen LogP contribution >= 0.6 is 11.3 Å². The van der Waals surface area contributed by atoms with Gasteiger partial charge in [-0.2, -0.15) is 0 Å². The van der Waals surface area contributed by atoms with Crippen molar-refractivity contribution in [2.45, 2.75) is 44.6 Å². The molecule has 31 heavy (non-hydrogen) atoms. The minimum atomic E-state index is -1.06. The van der Waals surface area contributed by atoms with Crippen LogP contribution in [0, 0.1) is 6.92 Å². The molecule has 2 aliphatic rings. The van der Waals surface area contributed by atoms with Crippen molar-refractivity contribution in [3.05, 3.63) is 51.2 Å². The van der Waals surface area contributed by atoms with Crippen LogP contribution in [0.25, 0.3) is 0 Å². The average molecular weight is 442 g/mol. The Kier molecular flexibility index (Phi) is 5.94. The highest BCUT2D eigenvalue weighted by Crippen LogP contribution is 2.33. The summed E-state index contributed by atoms with van der Waals surface area (Å²) in [5.74, 6) is -0.458. The molecule has 2 N–H and O–H groups in total. The van der Waals surface area contributed by atoms with Gasteiger partial charge in [0.2, 0.25) is 0 Å². The monoisotopic (exact) mass is 441 g/mol. The number of carbonyl (C=O) groups is 2. The Morgan fingerprint density at radius 1 is 1.19 bits per heavy atom. The largest absolute Gasteiger partial charge is 0.378 e. The Labute approximate surface area is 188 Å². The lowest BCUT2D eigenvalue weighted by Crippen LogP contribution is -2.57. The average Bonchev–Trinajstić information content (AvgIpc) is 3.34. The highest BCUT2D eigenvalue weighted by molar-refractivity contribution is 7.13. The van der Waals surface area contributed by atoms with Gasteiger partial charge in [-0.15, -0.1) is 11.3 Å². The predicted octanol–water partition coefficient (Wildman–Crippen LogP) is 3.35. The number of rotatable bonds is 4. The fraction of sp³-hybridized carbons (Fsp3) is 0.500. The van der Waals surface area contributed by atoms with E-state index in [1.54, 1.807) is 6.07 Å². The summed E-state index contributed by atoms with van der Waals surface area (Å²) < 4.78 is 5.54. The Morgan fingerprint density at radius 2 is 2.00 bits per heavy atom. The second-order valence-corrected chi connectivity index (χ2v) is 10.7. The van der Waals surface area contributed by atoms with Gasteiger partial charge in [-0.1, -0.05) is 19.9 Å². The van der Waals surface area contributed by atoms with Gasteiger partial charge in [-0.05, 0) is 55.8 Å². The maximum Gasteiger partial charge on any atom is 0.262 e. The van der Waals surface area contributed by atoms with Crippen LogP contribution in [0.5, 0.6) is 0 Å². The zero-order chi connectivity index (χ0) is 22.2. The second-order valence-electron chi connectivity index (χ2n) is 9.45. The summed E-state index contributed by atoms with van der Waals surface area (Å²) in [4.78, 5) is 30.1. The van der Waals surface area contributed by atoms with Gasteiger partial charge in [-0.3, -0.25) is 9.59 Å². The highest BCUT2D eigenvalue weighted by Gasteiger charge is 2.44. The molecule has 0 radical (unpaired) electrons. The van der Waals surface area contributed by atoms with Gasteiger partial charge in [0.1, 0.15) is 5.54 Å². The normalized spacial score (nSPS) is 23.1. The maximum atomic E-state index is 13.3. The topological polar surface area (TPSA) is 70.7 Å². The van der Waals surface area contributed by atoms with E-state index in [1.165, 1.54) is 22.5 Å². The number of anilines is 1. The lowest BCUT2D eigenvalue weighted by Gasteiger charge is -2.30. The Balaban J connectivity index is 1.55. The molecule has 3 heterocycles. The van der Waals surface area contributed by atoms with Crippen LogP contribution in [0.4, 0.5) is 5.69 Å².